The normalized spacial score (nSPS) is 15.1. The first-order valence-corrected chi connectivity index (χ1v) is 7.22. The Morgan fingerprint density at radius 2 is 2.06 bits per heavy atom. The van der Waals surface area contributed by atoms with Crippen molar-refractivity contribution in [2.24, 2.45) is 0 Å². The summed E-state index contributed by atoms with van der Waals surface area (Å²) in [6.07, 6.45) is 0.968. The summed E-state index contributed by atoms with van der Waals surface area (Å²) < 4.78 is 25.9. The van der Waals surface area contributed by atoms with Crippen LogP contribution in [0.3, 0.4) is 0 Å². The highest BCUT2D eigenvalue weighted by atomic mass is 32.2. The van der Waals surface area contributed by atoms with E-state index in [-0.39, 0.29) is 6.04 Å². The molecule has 0 amide bonds. The van der Waals surface area contributed by atoms with E-state index in [0.717, 1.165) is 18.7 Å². The van der Waals surface area contributed by atoms with E-state index in [0.29, 0.717) is 4.90 Å². The van der Waals surface area contributed by atoms with Gasteiger partial charge in [0.25, 0.3) is 0 Å². The minimum Gasteiger partial charge on any atom is -0.384 e. The van der Waals surface area contributed by atoms with E-state index in [1.807, 2.05) is 19.9 Å². The molecule has 0 unspecified atom stereocenters. The fourth-order valence-electron chi connectivity index (χ4n) is 1.87. The Morgan fingerprint density at radius 1 is 1.35 bits per heavy atom. The van der Waals surface area contributed by atoms with Gasteiger partial charge in [0.15, 0.2) is 0 Å². The molecule has 0 radical (unpaired) electrons. The lowest BCUT2D eigenvalue weighted by atomic mass is 10.2. The molecule has 17 heavy (non-hydrogen) atoms. The highest BCUT2D eigenvalue weighted by Gasteiger charge is 2.24. The minimum absolute atomic E-state index is 0.0405. The maximum absolute atomic E-state index is 12.3. The Labute approximate surface area is 103 Å². The number of nitrogens with zero attached hydrogens (tertiary/aromatic N) is 1. The predicted octanol–water partition coefficient (Wildman–Crippen LogP) is 1.68. The SMILES string of the molecule is CC(C)N(C)S(=O)(=O)c1ccc2c(c1)NCC2. The molecule has 1 heterocycles. The van der Waals surface area contributed by atoms with Crippen LogP contribution in [-0.4, -0.2) is 32.4 Å². The van der Waals surface area contributed by atoms with E-state index >= 15 is 0 Å². The van der Waals surface area contributed by atoms with Gasteiger partial charge in [-0.25, -0.2) is 8.42 Å². The minimum atomic E-state index is -3.37. The van der Waals surface area contributed by atoms with Crippen molar-refractivity contribution in [2.75, 3.05) is 18.9 Å². The summed E-state index contributed by atoms with van der Waals surface area (Å²) in [5.41, 5.74) is 2.14. The fraction of sp³-hybridized carbons (Fsp3) is 0.500. The standard InChI is InChI=1S/C12H18N2O2S/c1-9(2)14(3)17(15,16)11-5-4-10-6-7-13-12(10)8-11/h4-5,8-9,13H,6-7H2,1-3H3. The monoisotopic (exact) mass is 254 g/mol. The molecule has 2 rings (SSSR count). The van der Waals surface area contributed by atoms with Crippen LogP contribution in [0.15, 0.2) is 23.1 Å². The zero-order valence-corrected chi connectivity index (χ0v) is 11.2. The first-order valence-electron chi connectivity index (χ1n) is 5.78. The van der Waals surface area contributed by atoms with Crippen molar-refractivity contribution in [3.8, 4) is 0 Å². The van der Waals surface area contributed by atoms with Crippen LogP contribution in [-0.2, 0) is 16.4 Å². The molecule has 0 aromatic heterocycles. The quantitative estimate of drug-likeness (QED) is 0.893. The van der Waals surface area contributed by atoms with Gasteiger partial charge < -0.3 is 5.32 Å². The second-order valence-electron chi connectivity index (χ2n) is 4.61. The molecule has 5 heteroatoms. The summed E-state index contributed by atoms with van der Waals surface area (Å²) in [6.45, 7) is 4.62. The smallest absolute Gasteiger partial charge is 0.243 e. The first kappa shape index (κ1) is 12.4. The number of benzene rings is 1. The largest absolute Gasteiger partial charge is 0.384 e. The van der Waals surface area contributed by atoms with Gasteiger partial charge >= 0.3 is 0 Å². The third-order valence-corrected chi connectivity index (χ3v) is 5.22. The van der Waals surface area contributed by atoms with Crippen molar-refractivity contribution in [1.29, 1.82) is 0 Å². The molecule has 94 valence electrons. The summed E-state index contributed by atoms with van der Waals surface area (Å²) in [4.78, 5) is 0.363. The van der Waals surface area contributed by atoms with Gasteiger partial charge in [-0.05, 0) is 38.0 Å². The molecule has 4 nitrogen and oxygen atoms in total. The Kier molecular flexibility index (Phi) is 3.14. The Hall–Kier alpha value is -1.07. The van der Waals surface area contributed by atoms with E-state index < -0.39 is 10.0 Å². The number of hydrogen-bond donors (Lipinski definition) is 1. The van der Waals surface area contributed by atoms with Crippen LogP contribution in [0.4, 0.5) is 5.69 Å². The predicted molar refractivity (Wildman–Crippen MR) is 68.7 cm³/mol. The lowest BCUT2D eigenvalue weighted by Gasteiger charge is -2.21. The maximum Gasteiger partial charge on any atom is 0.243 e. The van der Waals surface area contributed by atoms with E-state index in [1.54, 1.807) is 19.2 Å². The molecule has 1 aromatic carbocycles. The molecular weight excluding hydrogens is 236 g/mol. The fourth-order valence-corrected chi connectivity index (χ4v) is 3.27. The molecule has 1 aromatic rings. The van der Waals surface area contributed by atoms with Gasteiger partial charge in [-0.1, -0.05) is 6.07 Å². The van der Waals surface area contributed by atoms with Gasteiger partial charge in [0.1, 0.15) is 0 Å². The average molecular weight is 254 g/mol. The number of anilines is 1. The van der Waals surface area contributed by atoms with Gasteiger partial charge in [-0.3, -0.25) is 0 Å². The summed E-state index contributed by atoms with van der Waals surface area (Å²) in [6, 6.07) is 5.29. The molecule has 1 aliphatic heterocycles. The third kappa shape index (κ3) is 2.17. The second-order valence-corrected chi connectivity index (χ2v) is 6.61. The molecule has 0 fully saturated rings. The summed E-state index contributed by atoms with van der Waals surface area (Å²) in [7, 11) is -1.75. The molecular formula is C12H18N2O2S. The molecule has 0 atom stereocenters. The van der Waals surface area contributed by atoms with Crippen molar-refractivity contribution in [3.05, 3.63) is 23.8 Å². The van der Waals surface area contributed by atoms with Gasteiger partial charge in [0, 0.05) is 25.3 Å². The molecule has 0 spiro atoms. The topological polar surface area (TPSA) is 49.4 Å². The van der Waals surface area contributed by atoms with Gasteiger partial charge in [0.05, 0.1) is 4.90 Å². The van der Waals surface area contributed by atoms with Gasteiger partial charge in [-0.15, -0.1) is 0 Å². The Balaban J connectivity index is 2.41. The summed E-state index contributed by atoms with van der Waals surface area (Å²) in [5, 5.41) is 3.20. The van der Waals surface area contributed by atoms with Crippen molar-refractivity contribution in [2.45, 2.75) is 31.2 Å². The number of sulfonamides is 1. The Bertz CT molecular complexity index is 523. The average Bonchev–Trinajstić information content (AvgIpc) is 2.74. The second kappa shape index (κ2) is 4.31. The maximum atomic E-state index is 12.3. The zero-order valence-electron chi connectivity index (χ0n) is 10.4. The van der Waals surface area contributed by atoms with E-state index in [2.05, 4.69) is 5.32 Å². The van der Waals surface area contributed by atoms with Crippen molar-refractivity contribution in [1.82, 2.24) is 4.31 Å². The van der Waals surface area contributed by atoms with Crippen LogP contribution in [0.5, 0.6) is 0 Å². The van der Waals surface area contributed by atoms with E-state index in [9.17, 15) is 8.42 Å². The highest BCUT2D eigenvalue weighted by Crippen LogP contribution is 2.27. The van der Waals surface area contributed by atoms with Crippen molar-refractivity contribution < 1.29 is 8.42 Å². The number of rotatable bonds is 3. The number of nitrogens with one attached hydrogen (secondary N) is 1. The van der Waals surface area contributed by atoms with Crippen LogP contribution >= 0.6 is 0 Å². The summed E-state index contributed by atoms with van der Waals surface area (Å²) >= 11 is 0. The van der Waals surface area contributed by atoms with Crippen LogP contribution in [0.25, 0.3) is 0 Å². The van der Waals surface area contributed by atoms with Crippen LogP contribution < -0.4 is 5.32 Å². The van der Waals surface area contributed by atoms with Crippen LogP contribution in [0.2, 0.25) is 0 Å². The third-order valence-electron chi connectivity index (χ3n) is 3.20. The van der Waals surface area contributed by atoms with Crippen LogP contribution in [0, 0.1) is 0 Å². The van der Waals surface area contributed by atoms with Gasteiger partial charge in [0.2, 0.25) is 10.0 Å². The molecule has 1 aliphatic rings. The Morgan fingerprint density at radius 3 is 2.71 bits per heavy atom. The lowest BCUT2D eigenvalue weighted by molar-refractivity contribution is 0.410. The summed E-state index contributed by atoms with van der Waals surface area (Å²) in [5.74, 6) is 0. The number of fused-ring (bicyclic) bond motifs is 1. The zero-order chi connectivity index (χ0) is 12.6. The molecule has 0 aliphatic carbocycles. The van der Waals surface area contributed by atoms with Crippen molar-refractivity contribution in [3.63, 3.8) is 0 Å². The highest BCUT2D eigenvalue weighted by molar-refractivity contribution is 7.89. The van der Waals surface area contributed by atoms with Crippen LogP contribution in [0.1, 0.15) is 19.4 Å². The van der Waals surface area contributed by atoms with E-state index in [1.165, 1.54) is 9.87 Å². The molecule has 0 bridgehead atoms. The first-order chi connectivity index (χ1) is 7.93. The molecule has 1 N–H and O–H groups in total. The van der Waals surface area contributed by atoms with Gasteiger partial charge in [-0.2, -0.15) is 4.31 Å². The van der Waals surface area contributed by atoms with E-state index in [4.69, 9.17) is 0 Å². The van der Waals surface area contributed by atoms with Crippen molar-refractivity contribution >= 4 is 15.7 Å². The molecule has 0 saturated carbocycles. The molecule has 0 saturated heterocycles. The number of hydrogen-bond acceptors (Lipinski definition) is 3. The lowest BCUT2D eigenvalue weighted by Crippen LogP contribution is -2.33.